The molecule has 0 aliphatic carbocycles. The van der Waals surface area contributed by atoms with Gasteiger partial charge in [-0.3, -0.25) is 14.9 Å². The molecule has 0 aliphatic heterocycles. The van der Waals surface area contributed by atoms with E-state index in [0.29, 0.717) is 35.7 Å². The first-order valence-electron chi connectivity index (χ1n) is 7.65. The van der Waals surface area contributed by atoms with Crippen molar-refractivity contribution in [2.24, 2.45) is 7.05 Å². The van der Waals surface area contributed by atoms with Crippen molar-refractivity contribution in [2.45, 2.75) is 45.4 Å². The highest BCUT2D eigenvalue weighted by atomic mass is 32.2. The van der Waals surface area contributed by atoms with Crippen LogP contribution >= 0.6 is 0 Å². The molecule has 132 valence electrons. The molecule has 2 rings (SSSR count). The van der Waals surface area contributed by atoms with Crippen molar-refractivity contribution < 1.29 is 17.6 Å². The molecule has 2 N–H and O–H groups in total. The molecular weight excluding hydrogens is 332 g/mol. The van der Waals surface area contributed by atoms with Crippen molar-refractivity contribution >= 4 is 15.9 Å². The summed E-state index contributed by atoms with van der Waals surface area (Å²) in [5.74, 6) is 0.427. The number of carbonyl (C=O) groups is 1. The van der Waals surface area contributed by atoms with Gasteiger partial charge in [-0.25, -0.2) is 8.42 Å². The minimum absolute atomic E-state index is 0.121. The number of hydrazine groups is 1. The second-order valence-corrected chi connectivity index (χ2v) is 7.06. The number of nitrogens with one attached hydrogen (secondary N) is 2. The van der Waals surface area contributed by atoms with Gasteiger partial charge in [0.15, 0.2) is 0 Å². The zero-order valence-corrected chi connectivity index (χ0v) is 15.2. The van der Waals surface area contributed by atoms with Crippen molar-refractivity contribution in [3.63, 3.8) is 0 Å². The Hall–Kier alpha value is -2.13. The molecule has 0 aromatic carbocycles. The van der Waals surface area contributed by atoms with E-state index >= 15 is 0 Å². The molecule has 0 spiro atoms. The summed E-state index contributed by atoms with van der Waals surface area (Å²) in [4.78, 5) is 14.4. The second kappa shape index (κ2) is 6.78. The highest BCUT2D eigenvalue weighted by Gasteiger charge is 2.27. The number of rotatable bonds is 6. The van der Waals surface area contributed by atoms with Crippen LogP contribution < -0.4 is 10.3 Å². The first-order valence-corrected chi connectivity index (χ1v) is 9.13. The van der Waals surface area contributed by atoms with Crippen LogP contribution in [-0.2, 0) is 29.9 Å². The van der Waals surface area contributed by atoms with Crippen LogP contribution in [0, 0.1) is 13.8 Å². The number of furan rings is 1. The Balaban J connectivity index is 2.26. The molecule has 0 fully saturated rings. The lowest BCUT2D eigenvalue weighted by Gasteiger charge is -2.09. The lowest BCUT2D eigenvalue weighted by Crippen LogP contribution is -2.42. The quantitative estimate of drug-likeness (QED) is 0.762. The fourth-order valence-electron chi connectivity index (χ4n) is 2.62. The molecule has 9 heteroatoms. The monoisotopic (exact) mass is 354 g/mol. The number of amides is 1. The van der Waals surface area contributed by atoms with Gasteiger partial charge in [0, 0.05) is 7.05 Å². The lowest BCUT2D eigenvalue weighted by atomic mass is 10.2. The third-order valence-corrected chi connectivity index (χ3v) is 5.09. The van der Waals surface area contributed by atoms with Crippen molar-refractivity contribution in [3.8, 4) is 0 Å². The van der Waals surface area contributed by atoms with Gasteiger partial charge in [-0.1, -0.05) is 13.8 Å². The van der Waals surface area contributed by atoms with Gasteiger partial charge in [-0.2, -0.15) is 5.10 Å². The number of aryl methyl sites for hydroxylation is 4. The summed E-state index contributed by atoms with van der Waals surface area (Å²) in [5.41, 5.74) is 3.57. The number of nitrogens with zero attached hydrogens (tertiary/aromatic N) is 2. The summed E-state index contributed by atoms with van der Waals surface area (Å²) < 4.78 is 32.1. The van der Waals surface area contributed by atoms with E-state index < -0.39 is 15.9 Å². The molecule has 0 unspecified atom stereocenters. The Morgan fingerprint density at radius 2 is 1.96 bits per heavy atom. The van der Waals surface area contributed by atoms with E-state index in [2.05, 4.69) is 15.4 Å². The van der Waals surface area contributed by atoms with Crippen LogP contribution in [0.1, 0.15) is 47.1 Å². The second-order valence-electron chi connectivity index (χ2n) is 5.44. The fourth-order valence-corrected chi connectivity index (χ4v) is 4.03. The molecule has 1 amide bonds. The Morgan fingerprint density at radius 3 is 2.46 bits per heavy atom. The van der Waals surface area contributed by atoms with Crippen LogP contribution in [0.15, 0.2) is 15.4 Å². The third kappa shape index (κ3) is 3.36. The lowest BCUT2D eigenvalue weighted by molar-refractivity contribution is 0.0943. The van der Waals surface area contributed by atoms with Gasteiger partial charge in [0.25, 0.3) is 15.9 Å². The number of sulfonamides is 1. The highest BCUT2D eigenvalue weighted by molar-refractivity contribution is 7.89. The van der Waals surface area contributed by atoms with Gasteiger partial charge >= 0.3 is 0 Å². The van der Waals surface area contributed by atoms with Crippen molar-refractivity contribution in [3.05, 3.63) is 34.5 Å². The molecule has 0 atom stereocenters. The normalized spacial score (nSPS) is 11.7. The molecule has 0 radical (unpaired) electrons. The van der Waals surface area contributed by atoms with E-state index in [4.69, 9.17) is 4.42 Å². The van der Waals surface area contributed by atoms with E-state index in [0.717, 1.165) is 0 Å². The molecule has 0 saturated heterocycles. The fraction of sp³-hybridized carbons (Fsp3) is 0.467. The Kier molecular flexibility index (Phi) is 5.14. The van der Waals surface area contributed by atoms with Gasteiger partial charge in [-0.15, -0.1) is 4.83 Å². The Bertz CT molecular complexity index is 864. The number of hydrogen-bond acceptors (Lipinski definition) is 5. The van der Waals surface area contributed by atoms with E-state index in [-0.39, 0.29) is 10.5 Å². The van der Waals surface area contributed by atoms with E-state index in [1.807, 2.05) is 13.8 Å². The summed E-state index contributed by atoms with van der Waals surface area (Å²) >= 11 is 0. The van der Waals surface area contributed by atoms with Crippen molar-refractivity contribution in [1.82, 2.24) is 20.0 Å². The minimum atomic E-state index is -3.93. The summed E-state index contributed by atoms with van der Waals surface area (Å²) in [6.07, 6.45) is 0.978. The molecule has 0 saturated carbocycles. The zero-order valence-electron chi connectivity index (χ0n) is 14.4. The van der Waals surface area contributed by atoms with Crippen LogP contribution in [-0.4, -0.2) is 24.1 Å². The van der Waals surface area contributed by atoms with E-state index in [1.54, 1.807) is 31.6 Å². The minimum Gasteiger partial charge on any atom is -0.466 e. The van der Waals surface area contributed by atoms with Gasteiger partial charge in [0.05, 0.1) is 17.0 Å². The number of aromatic nitrogens is 2. The van der Waals surface area contributed by atoms with Gasteiger partial charge in [0.2, 0.25) is 0 Å². The smallest absolute Gasteiger partial charge is 0.269 e. The number of hydrogen-bond donors (Lipinski definition) is 2. The standard InChI is InChI=1S/C15H22N4O4S/c1-6-12-14(13(7-2)19(5)17-12)24(21,22)18-16-15(20)11-8-9(3)23-10(11)4/h8,18H,6-7H2,1-5H3,(H,16,20). The van der Waals surface area contributed by atoms with Crippen LogP contribution in [0.5, 0.6) is 0 Å². The maximum atomic E-state index is 12.6. The molecule has 0 aliphatic rings. The van der Waals surface area contributed by atoms with Crippen LogP contribution in [0.4, 0.5) is 0 Å². The predicted molar refractivity (Wildman–Crippen MR) is 87.9 cm³/mol. The molecule has 2 aromatic rings. The van der Waals surface area contributed by atoms with Gasteiger partial charge in [0.1, 0.15) is 16.4 Å². The SMILES string of the molecule is CCc1nn(C)c(CC)c1S(=O)(=O)NNC(=O)c1cc(C)oc1C. The number of carbonyl (C=O) groups excluding carboxylic acids is 1. The first kappa shape index (κ1) is 18.2. The van der Waals surface area contributed by atoms with Crippen molar-refractivity contribution in [1.29, 1.82) is 0 Å². The Labute approximate surface area is 141 Å². The molecule has 0 bridgehead atoms. The topological polar surface area (TPSA) is 106 Å². The van der Waals surface area contributed by atoms with Crippen LogP contribution in [0.25, 0.3) is 0 Å². The van der Waals surface area contributed by atoms with Gasteiger partial charge < -0.3 is 4.42 Å². The van der Waals surface area contributed by atoms with Gasteiger partial charge in [-0.05, 0) is 32.8 Å². The summed E-state index contributed by atoms with van der Waals surface area (Å²) in [7, 11) is -2.23. The third-order valence-electron chi connectivity index (χ3n) is 3.71. The molecule has 8 nitrogen and oxygen atoms in total. The van der Waals surface area contributed by atoms with Crippen LogP contribution in [0.2, 0.25) is 0 Å². The van der Waals surface area contributed by atoms with Crippen LogP contribution in [0.3, 0.4) is 0 Å². The maximum Gasteiger partial charge on any atom is 0.269 e. The predicted octanol–water partition coefficient (Wildman–Crippen LogP) is 1.38. The molecule has 2 aromatic heterocycles. The Morgan fingerprint density at radius 1 is 1.29 bits per heavy atom. The maximum absolute atomic E-state index is 12.6. The first-order chi connectivity index (χ1) is 11.2. The summed E-state index contributed by atoms with van der Waals surface area (Å²) in [6.45, 7) is 7.04. The largest absolute Gasteiger partial charge is 0.466 e. The average molecular weight is 354 g/mol. The highest BCUT2D eigenvalue weighted by Crippen LogP contribution is 2.21. The van der Waals surface area contributed by atoms with Crippen molar-refractivity contribution in [2.75, 3.05) is 0 Å². The summed E-state index contributed by atoms with van der Waals surface area (Å²) in [5, 5.41) is 4.24. The molecular formula is C15H22N4O4S. The average Bonchev–Trinajstić information content (AvgIpc) is 3.03. The molecule has 24 heavy (non-hydrogen) atoms. The summed E-state index contributed by atoms with van der Waals surface area (Å²) in [6, 6.07) is 1.55. The van der Waals surface area contributed by atoms with E-state index in [1.165, 1.54) is 0 Å². The zero-order chi connectivity index (χ0) is 18.1. The molecule has 2 heterocycles. The van der Waals surface area contributed by atoms with E-state index in [9.17, 15) is 13.2 Å².